The zero-order valence-electron chi connectivity index (χ0n) is 12.3. The average Bonchev–Trinajstić information content (AvgIpc) is 2.88. The molecule has 1 amide bonds. The monoisotopic (exact) mass is 288 g/mol. The van der Waals surface area contributed by atoms with Gasteiger partial charge in [-0.2, -0.15) is 0 Å². The summed E-state index contributed by atoms with van der Waals surface area (Å²) in [5, 5.41) is 5.59. The average molecular weight is 288 g/mol. The Morgan fingerprint density at radius 2 is 1.90 bits per heavy atom. The number of hydrogen-bond acceptors (Lipinski definition) is 3. The number of carbonyl (C=O) groups is 1. The van der Waals surface area contributed by atoms with Crippen molar-refractivity contribution in [1.82, 2.24) is 4.98 Å². The molecule has 1 heterocycles. The van der Waals surface area contributed by atoms with Crippen LogP contribution in [0.15, 0.2) is 35.7 Å². The number of hydrogen-bond donors (Lipinski definition) is 1. The van der Waals surface area contributed by atoms with Crippen molar-refractivity contribution >= 4 is 22.4 Å². The van der Waals surface area contributed by atoms with Crippen molar-refractivity contribution in [1.29, 1.82) is 0 Å². The first-order valence-corrected chi connectivity index (χ1v) is 7.61. The minimum absolute atomic E-state index is 0.0339. The number of nitrogens with zero attached hydrogens (tertiary/aromatic N) is 1. The Labute approximate surface area is 124 Å². The van der Waals surface area contributed by atoms with Crippen LogP contribution in [0.1, 0.15) is 44.9 Å². The highest BCUT2D eigenvalue weighted by Gasteiger charge is 2.30. The molecule has 2 aromatic rings. The van der Waals surface area contributed by atoms with Crippen LogP contribution in [0, 0.1) is 0 Å². The standard InChI is InChI=1S/C16H20N2OS/c1-11(2)13-10-20-15(17-13)18-14(19)16(3,4)12-8-6-5-7-9-12/h5-11H,1-4H3,(H,17,18,19). The lowest BCUT2D eigenvalue weighted by atomic mass is 9.84. The van der Waals surface area contributed by atoms with Gasteiger partial charge in [0.05, 0.1) is 11.1 Å². The maximum Gasteiger partial charge on any atom is 0.236 e. The maximum absolute atomic E-state index is 12.5. The van der Waals surface area contributed by atoms with E-state index in [4.69, 9.17) is 0 Å². The number of anilines is 1. The molecule has 1 aromatic carbocycles. The first kappa shape index (κ1) is 14.7. The Morgan fingerprint density at radius 1 is 1.25 bits per heavy atom. The van der Waals surface area contributed by atoms with Gasteiger partial charge in [0, 0.05) is 5.38 Å². The van der Waals surface area contributed by atoms with Crippen molar-refractivity contribution in [3.63, 3.8) is 0 Å². The molecule has 0 unspecified atom stereocenters. The summed E-state index contributed by atoms with van der Waals surface area (Å²) < 4.78 is 0. The molecule has 0 radical (unpaired) electrons. The van der Waals surface area contributed by atoms with E-state index in [1.807, 2.05) is 49.6 Å². The van der Waals surface area contributed by atoms with Gasteiger partial charge >= 0.3 is 0 Å². The van der Waals surface area contributed by atoms with Gasteiger partial charge in [-0.3, -0.25) is 4.79 Å². The summed E-state index contributed by atoms with van der Waals surface area (Å²) in [5.74, 6) is 0.340. The van der Waals surface area contributed by atoms with E-state index in [1.54, 1.807) is 0 Å². The summed E-state index contributed by atoms with van der Waals surface area (Å²) in [6.07, 6.45) is 0. The van der Waals surface area contributed by atoms with E-state index in [-0.39, 0.29) is 5.91 Å². The SMILES string of the molecule is CC(C)c1csc(NC(=O)C(C)(C)c2ccccc2)n1. The number of aromatic nitrogens is 1. The predicted molar refractivity (Wildman–Crippen MR) is 84.3 cm³/mol. The zero-order valence-corrected chi connectivity index (χ0v) is 13.1. The Balaban J connectivity index is 2.14. The molecule has 0 spiro atoms. The summed E-state index contributed by atoms with van der Waals surface area (Å²) in [7, 11) is 0. The smallest absolute Gasteiger partial charge is 0.236 e. The molecular formula is C16H20N2OS. The van der Waals surface area contributed by atoms with Gasteiger partial charge in [0.25, 0.3) is 0 Å². The van der Waals surface area contributed by atoms with Gasteiger partial charge < -0.3 is 5.32 Å². The van der Waals surface area contributed by atoms with Gasteiger partial charge in [0.2, 0.25) is 5.91 Å². The number of nitrogens with one attached hydrogen (secondary N) is 1. The fourth-order valence-corrected chi connectivity index (χ4v) is 2.72. The van der Waals surface area contributed by atoms with Crippen molar-refractivity contribution in [3.05, 3.63) is 47.0 Å². The van der Waals surface area contributed by atoms with Crippen LogP contribution in [0.4, 0.5) is 5.13 Å². The van der Waals surface area contributed by atoms with E-state index in [0.717, 1.165) is 11.3 Å². The van der Waals surface area contributed by atoms with Crippen LogP contribution in [0.3, 0.4) is 0 Å². The third kappa shape index (κ3) is 3.07. The molecule has 3 nitrogen and oxygen atoms in total. The highest BCUT2D eigenvalue weighted by molar-refractivity contribution is 7.13. The van der Waals surface area contributed by atoms with E-state index in [2.05, 4.69) is 24.1 Å². The number of amides is 1. The summed E-state index contributed by atoms with van der Waals surface area (Å²) in [6.45, 7) is 8.03. The molecule has 0 fully saturated rings. The molecule has 106 valence electrons. The quantitative estimate of drug-likeness (QED) is 0.917. The minimum atomic E-state index is -0.578. The molecule has 2 rings (SSSR count). The highest BCUT2D eigenvalue weighted by Crippen LogP contribution is 2.27. The molecule has 0 saturated heterocycles. The Hall–Kier alpha value is -1.68. The van der Waals surface area contributed by atoms with Crippen molar-refractivity contribution in [2.45, 2.75) is 39.0 Å². The zero-order chi connectivity index (χ0) is 14.8. The van der Waals surface area contributed by atoms with Crippen LogP contribution in [0.25, 0.3) is 0 Å². The molecule has 4 heteroatoms. The minimum Gasteiger partial charge on any atom is -0.301 e. The van der Waals surface area contributed by atoms with Crippen molar-refractivity contribution in [2.24, 2.45) is 0 Å². The van der Waals surface area contributed by atoms with Gasteiger partial charge in [-0.25, -0.2) is 4.98 Å². The second-order valence-electron chi connectivity index (χ2n) is 5.68. The lowest BCUT2D eigenvalue weighted by molar-refractivity contribution is -0.120. The fraction of sp³-hybridized carbons (Fsp3) is 0.375. The molecule has 1 aromatic heterocycles. The van der Waals surface area contributed by atoms with E-state index < -0.39 is 5.41 Å². The van der Waals surface area contributed by atoms with E-state index >= 15 is 0 Å². The van der Waals surface area contributed by atoms with Gasteiger partial charge in [-0.05, 0) is 25.3 Å². The summed E-state index contributed by atoms with van der Waals surface area (Å²) in [6, 6.07) is 9.80. The van der Waals surface area contributed by atoms with Crippen molar-refractivity contribution in [2.75, 3.05) is 5.32 Å². The van der Waals surface area contributed by atoms with E-state index in [0.29, 0.717) is 11.0 Å². The summed E-state index contributed by atoms with van der Waals surface area (Å²) in [4.78, 5) is 16.9. The lowest BCUT2D eigenvalue weighted by Gasteiger charge is -2.23. The maximum atomic E-state index is 12.5. The second kappa shape index (κ2) is 5.75. The van der Waals surface area contributed by atoms with Crippen LogP contribution < -0.4 is 5.32 Å². The molecule has 20 heavy (non-hydrogen) atoms. The Morgan fingerprint density at radius 3 is 2.45 bits per heavy atom. The molecule has 1 N–H and O–H groups in total. The molecule has 0 aliphatic rings. The van der Waals surface area contributed by atoms with Gasteiger partial charge in [0.15, 0.2) is 5.13 Å². The molecular weight excluding hydrogens is 268 g/mol. The first-order valence-electron chi connectivity index (χ1n) is 6.73. The molecule has 0 aliphatic carbocycles. The topological polar surface area (TPSA) is 42.0 Å². The fourth-order valence-electron chi connectivity index (χ4n) is 1.85. The van der Waals surface area contributed by atoms with Gasteiger partial charge in [-0.1, -0.05) is 44.2 Å². The van der Waals surface area contributed by atoms with Crippen LogP contribution in [-0.2, 0) is 10.2 Å². The second-order valence-corrected chi connectivity index (χ2v) is 6.54. The van der Waals surface area contributed by atoms with Crippen LogP contribution in [-0.4, -0.2) is 10.9 Å². The van der Waals surface area contributed by atoms with Gasteiger partial charge in [-0.15, -0.1) is 11.3 Å². The third-order valence-corrected chi connectivity index (χ3v) is 4.17. The van der Waals surface area contributed by atoms with Gasteiger partial charge in [0.1, 0.15) is 0 Å². The van der Waals surface area contributed by atoms with E-state index in [1.165, 1.54) is 11.3 Å². The summed E-state index contributed by atoms with van der Waals surface area (Å²) >= 11 is 1.47. The largest absolute Gasteiger partial charge is 0.301 e. The van der Waals surface area contributed by atoms with Crippen molar-refractivity contribution in [3.8, 4) is 0 Å². The number of rotatable bonds is 4. The van der Waals surface area contributed by atoms with E-state index in [9.17, 15) is 4.79 Å². The third-order valence-electron chi connectivity index (χ3n) is 3.40. The Kier molecular flexibility index (Phi) is 4.23. The number of carbonyl (C=O) groups excluding carboxylic acids is 1. The highest BCUT2D eigenvalue weighted by atomic mass is 32.1. The number of thiazole rings is 1. The lowest BCUT2D eigenvalue weighted by Crippen LogP contribution is -2.34. The van der Waals surface area contributed by atoms with Crippen LogP contribution >= 0.6 is 11.3 Å². The molecule has 0 bridgehead atoms. The number of benzene rings is 1. The van der Waals surface area contributed by atoms with Crippen LogP contribution in [0.5, 0.6) is 0 Å². The first-order chi connectivity index (χ1) is 9.41. The predicted octanol–water partition coefficient (Wildman–Crippen LogP) is 4.18. The normalized spacial score (nSPS) is 11.7. The molecule has 0 aliphatic heterocycles. The Bertz CT molecular complexity index is 588. The van der Waals surface area contributed by atoms with Crippen molar-refractivity contribution < 1.29 is 4.79 Å². The summed E-state index contributed by atoms with van der Waals surface area (Å²) in [5.41, 5.74) is 1.44. The molecule has 0 atom stereocenters. The van der Waals surface area contributed by atoms with Crippen LogP contribution in [0.2, 0.25) is 0 Å². The molecule has 0 saturated carbocycles.